The van der Waals surface area contributed by atoms with Crippen molar-refractivity contribution in [2.45, 2.75) is 12.5 Å². The number of likely N-dealkylation sites (N-methyl/N-ethyl adjacent to an activating group) is 1. The molecule has 192 valence electrons. The van der Waals surface area contributed by atoms with Gasteiger partial charge in [0.1, 0.15) is 41.1 Å². The molecular formula is C29H29N7O2. The van der Waals surface area contributed by atoms with Crippen molar-refractivity contribution in [1.29, 1.82) is 5.26 Å². The standard InChI is InChI=1S/C29H29N7O2/c1-34(2)15-6-9-25(37)35-16-14-21(18-35)36-24(17-30)26(27-28(31)32-19-33-29(27)36)20-10-12-23(13-11-20)38-22-7-4-3-5-8-22/h3-13,19,21H,14-16,18H2,1-2H3,(H2,31,32,33)/b9-6+. The maximum absolute atomic E-state index is 12.8. The minimum Gasteiger partial charge on any atom is -0.457 e. The Morgan fingerprint density at radius 3 is 2.61 bits per heavy atom. The molecule has 1 amide bonds. The topological polar surface area (TPSA) is 113 Å². The molecule has 3 heterocycles. The first-order valence-electron chi connectivity index (χ1n) is 12.4. The molecule has 0 aliphatic carbocycles. The number of ether oxygens (including phenoxy) is 1. The highest BCUT2D eigenvalue weighted by Crippen LogP contribution is 2.40. The molecule has 0 bridgehead atoms. The van der Waals surface area contributed by atoms with Crippen molar-refractivity contribution in [2.75, 3.05) is 39.5 Å². The molecule has 9 heteroatoms. The predicted molar refractivity (Wildman–Crippen MR) is 147 cm³/mol. The molecule has 4 aromatic rings. The quantitative estimate of drug-likeness (QED) is 0.372. The number of para-hydroxylation sites is 1. The van der Waals surface area contributed by atoms with Gasteiger partial charge in [0.2, 0.25) is 5.91 Å². The second-order valence-electron chi connectivity index (χ2n) is 9.49. The van der Waals surface area contributed by atoms with Crippen LogP contribution in [0.25, 0.3) is 22.2 Å². The fourth-order valence-electron chi connectivity index (χ4n) is 4.84. The molecule has 0 spiro atoms. The Hall–Kier alpha value is -4.68. The number of hydrogen-bond acceptors (Lipinski definition) is 7. The molecule has 2 N–H and O–H groups in total. The number of likely N-dealkylation sites (tertiary alicyclic amines) is 1. The molecular weight excluding hydrogens is 478 g/mol. The third kappa shape index (κ3) is 4.94. The van der Waals surface area contributed by atoms with Crippen molar-refractivity contribution in [1.82, 2.24) is 24.3 Å². The van der Waals surface area contributed by atoms with Gasteiger partial charge in [-0.15, -0.1) is 0 Å². The van der Waals surface area contributed by atoms with Gasteiger partial charge in [-0.3, -0.25) is 4.79 Å². The van der Waals surface area contributed by atoms with Gasteiger partial charge in [0.25, 0.3) is 0 Å². The lowest BCUT2D eigenvalue weighted by atomic mass is 10.0. The number of rotatable bonds is 7. The van der Waals surface area contributed by atoms with Gasteiger partial charge in [-0.25, -0.2) is 9.97 Å². The maximum Gasteiger partial charge on any atom is 0.246 e. The number of aromatic nitrogens is 3. The Labute approximate surface area is 221 Å². The zero-order valence-corrected chi connectivity index (χ0v) is 21.4. The number of hydrogen-bond donors (Lipinski definition) is 1. The number of fused-ring (bicyclic) bond motifs is 1. The molecule has 1 unspecified atom stereocenters. The minimum atomic E-state index is -0.109. The third-order valence-corrected chi connectivity index (χ3v) is 6.61. The molecule has 0 radical (unpaired) electrons. The van der Waals surface area contributed by atoms with Gasteiger partial charge < -0.3 is 24.8 Å². The van der Waals surface area contributed by atoms with E-state index in [1.807, 2.05) is 89.1 Å². The number of carbonyl (C=O) groups excluding carboxylic acids is 1. The Balaban J connectivity index is 1.49. The Morgan fingerprint density at radius 2 is 1.89 bits per heavy atom. The van der Waals surface area contributed by atoms with Crippen molar-refractivity contribution in [3.63, 3.8) is 0 Å². The van der Waals surface area contributed by atoms with Crippen LogP contribution in [0.15, 0.2) is 73.1 Å². The van der Waals surface area contributed by atoms with Crippen LogP contribution in [0, 0.1) is 11.3 Å². The van der Waals surface area contributed by atoms with Crippen molar-refractivity contribution in [3.05, 3.63) is 78.8 Å². The molecule has 38 heavy (non-hydrogen) atoms. The highest BCUT2D eigenvalue weighted by Gasteiger charge is 2.32. The van der Waals surface area contributed by atoms with E-state index in [1.165, 1.54) is 6.33 Å². The molecule has 5 rings (SSSR count). The normalized spacial score (nSPS) is 15.4. The smallest absolute Gasteiger partial charge is 0.246 e. The first-order valence-corrected chi connectivity index (χ1v) is 12.4. The van der Waals surface area contributed by atoms with Crippen LogP contribution in [-0.2, 0) is 4.79 Å². The summed E-state index contributed by atoms with van der Waals surface area (Å²) in [4.78, 5) is 25.3. The summed E-state index contributed by atoms with van der Waals surface area (Å²) in [7, 11) is 3.91. The summed E-state index contributed by atoms with van der Waals surface area (Å²) in [5.74, 6) is 1.69. The monoisotopic (exact) mass is 507 g/mol. The number of nitriles is 1. The number of amides is 1. The molecule has 1 fully saturated rings. The minimum absolute atomic E-state index is 0.0345. The fourth-order valence-corrected chi connectivity index (χ4v) is 4.84. The lowest BCUT2D eigenvalue weighted by molar-refractivity contribution is -0.125. The van der Waals surface area contributed by atoms with E-state index in [-0.39, 0.29) is 11.9 Å². The van der Waals surface area contributed by atoms with E-state index in [0.29, 0.717) is 59.9 Å². The van der Waals surface area contributed by atoms with Gasteiger partial charge in [-0.1, -0.05) is 36.4 Å². The lowest BCUT2D eigenvalue weighted by Crippen LogP contribution is -2.28. The van der Waals surface area contributed by atoms with Crippen LogP contribution >= 0.6 is 0 Å². The van der Waals surface area contributed by atoms with Crippen LogP contribution in [-0.4, -0.2) is 64.0 Å². The van der Waals surface area contributed by atoms with E-state index in [4.69, 9.17) is 10.5 Å². The van der Waals surface area contributed by atoms with Crippen molar-refractivity contribution < 1.29 is 9.53 Å². The van der Waals surface area contributed by atoms with Crippen molar-refractivity contribution in [3.8, 4) is 28.7 Å². The van der Waals surface area contributed by atoms with Crippen LogP contribution in [0.4, 0.5) is 5.82 Å². The number of nitrogens with zero attached hydrogens (tertiary/aromatic N) is 6. The van der Waals surface area contributed by atoms with Gasteiger partial charge in [0, 0.05) is 31.3 Å². The van der Waals surface area contributed by atoms with Gasteiger partial charge >= 0.3 is 0 Å². The third-order valence-electron chi connectivity index (χ3n) is 6.61. The Kier molecular flexibility index (Phi) is 7.07. The number of anilines is 1. The van der Waals surface area contributed by atoms with E-state index in [2.05, 4.69) is 16.0 Å². The maximum atomic E-state index is 12.8. The zero-order chi connectivity index (χ0) is 26.6. The second-order valence-corrected chi connectivity index (χ2v) is 9.49. The van der Waals surface area contributed by atoms with Gasteiger partial charge in [0.15, 0.2) is 0 Å². The average Bonchev–Trinajstić information content (AvgIpc) is 3.53. The summed E-state index contributed by atoms with van der Waals surface area (Å²) in [5, 5.41) is 11.0. The van der Waals surface area contributed by atoms with E-state index < -0.39 is 0 Å². The van der Waals surface area contributed by atoms with Crippen LogP contribution < -0.4 is 10.5 Å². The van der Waals surface area contributed by atoms with Gasteiger partial charge in [-0.05, 0) is 50.3 Å². The highest BCUT2D eigenvalue weighted by atomic mass is 16.5. The Bertz CT molecular complexity index is 1520. The fraction of sp³-hybridized carbons (Fsp3) is 0.241. The summed E-state index contributed by atoms with van der Waals surface area (Å²) < 4.78 is 7.86. The predicted octanol–water partition coefficient (Wildman–Crippen LogP) is 4.24. The number of carbonyl (C=O) groups is 1. The molecule has 2 aromatic carbocycles. The highest BCUT2D eigenvalue weighted by molar-refractivity contribution is 6.03. The van der Waals surface area contributed by atoms with E-state index in [0.717, 1.165) is 11.3 Å². The molecule has 1 atom stereocenters. The van der Waals surface area contributed by atoms with Crippen LogP contribution in [0.1, 0.15) is 18.2 Å². The molecule has 2 aromatic heterocycles. The summed E-state index contributed by atoms with van der Waals surface area (Å²) in [6.07, 6.45) is 5.60. The first-order chi connectivity index (χ1) is 18.5. The lowest BCUT2D eigenvalue weighted by Gasteiger charge is -2.17. The molecule has 1 aliphatic heterocycles. The molecule has 0 saturated carbocycles. The summed E-state index contributed by atoms with van der Waals surface area (Å²) in [6.45, 7) is 1.77. The summed E-state index contributed by atoms with van der Waals surface area (Å²) in [6, 6.07) is 19.4. The summed E-state index contributed by atoms with van der Waals surface area (Å²) in [5.41, 5.74) is 8.88. The second kappa shape index (κ2) is 10.7. The zero-order valence-electron chi connectivity index (χ0n) is 21.4. The van der Waals surface area contributed by atoms with Crippen LogP contribution in [0.2, 0.25) is 0 Å². The van der Waals surface area contributed by atoms with E-state index in [1.54, 1.807) is 6.08 Å². The van der Waals surface area contributed by atoms with E-state index in [9.17, 15) is 10.1 Å². The van der Waals surface area contributed by atoms with Crippen LogP contribution in [0.5, 0.6) is 11.5 Å². The average molecular weight is 508 g/mol. The number of nitrogens with two attached hydrogens (primary N) is 1. The molecule has 1 saturated heterocycles. The summed E-state index contributed by atoms with van der Waals surface area (Å²) >= 11 is 0. The van der Waals surface area contributed by atoms with Gasteiger partial charge in [0.05, 0.1) is 11.4 Å². The number of nitrogen functional groups attached to an aromatic ring is 1. The molecule has 1 aliphatic rings. The van der Waals surface area contributed by atoms with Crippen molar-refractivity contribution >= 4 is 22.8 Å². The molecule has 9 nitrogen and oxygen atoms in total. The first kappa shape index (κ1) is 25.0. The van der Waals surface area contributed by atoms with E-state index >= 15 is 0 Å². The van der Waals surface area contributed by atoms with Crippen LogP contribution in [0.3, 0.4) is 0 Å². The Morgan fingerprint density at radius 1 is 1.16 bits per heavy atom. The van der Waals surface area contributed by atoms with Crippen molar-refractivity contribution in [2.24, 2.45) is 0 Å². The number of benzene rings is 2. The largest absolute Gasteiger partial charge is 0.457 e. The SMILES string of the molecule is CN(C)C/C=C/C(=O)N1CCC(n2c(C#N)c(-c3ccc(Oc4ccccc4)cc3)c3c(N)ncnc32)C1. The van der Waals surface area contributed by atoms with Gasteiger partial charge in [-0.2, -0.15) is 5.26 Å².